The van der Waals surface area contributed by atoms with Gasteiger partial charge in [0.25, 0.3) is 0 Å². The molecule has 0 fully saturated rings. The van der Waals surface area contributed by atoms with Crippen molar-refractivity contribution in [2.24, 2.45) is 0 Å². The minimum atomic E-state index is -0.714. The van der Waals surface area contributed by atoms with Crippen LogP contribution in [0.3, 0.4) is 0 Å². The van der Waals surface area contributed by atoms with Crippen molar-refractivity contribution in [3.05, 3.63) is 0 Å². The van der Waals surface area contributed by atoms with Gasteiger partial charge < -0.3 is 5.11 Å². The molecule has 0 radical (unpaired) electrons. The third-order valence-electron chi connectivity index (χ3n) is 1.47. The number of hydrogen-bond donors (Lipinski definition) is 2. The van der Waals surface area contributed by atoms with Crippen LogP contribution < -0.4 is 0 Å². The van der Waals surface area contributed by atoms with Gasteiger partial charge in [-0.3, -0.25) is 14.5 Å². The second kappa shape index (κ2) is 5.99. The molecule has 0 heterocycles. The number of nitrogens with zero attached hydrogens (tertiary/aromatic N) is 1. The Kier molecular flexibility index (Phi) is 5.73. The van der Waals surface area contributed by atoms with E-state index in [1.807, 2.05) is 0 Å². The number of imide groups is 1. The van der Waals surface area contributed by atoms with Crippen molar-refractivity contribution < 1.29 is 14.7 Å². The third kappa shape index (κ3) is 4.90. The number of aliphatic hydroxyl groups excluding tert-OH is 1. The molecule has 0 spiro atoms. The van der Waals surface area contributed by atoms with Gasteiger partial charge in [-0.1, -0.05) is 0 Å². The first-order valence-corrected chi connectivity index (χ1v) is 4.72. The topological polar surface area (TPSA) is 57.6 Å². The molecule has 2 amide bonds. The highest BCUT2D eigenvalue weighted by Crippen LogP contribution is 1.99. The molecular formula is C8H15NO3S. The van der Waals surface area contributed by atoms with Crippen LogP contribution in [0.2, 0.25) is 0 Å². The summed E-state index contributed by atoms with van der Waals surface area (Å²) in [6, 6.07) is 0. The van der Waals surface area contributed by atoms with Crippen LogP contribution >= 0.6 is 12.6 Å². The SMILES string of the molecule is CC(=O)N(CCS)C(=O)CC(C)O. The van der Waals surface area contributed by atoms with Gasteiger partial charge in [-0.05, 0) is 6.92 Å². The van der Waals surface area contributed by atoms with Crippen LogP contribution in [0.4, 0.5) is 0 Å². The summed E-state index contributed by atoms with van der Waals surface area (Å²) < 4.78 is 0. The summed E-state index contributed by atoms with van der Waals surface area (Å²) in [4.78, 5) is 23.3. The zero-order chi connectivity index (χ0) is 10.4. The Balaban J connectivity index is 4.20. The van der Waals surface area contributed by atoms with Gasteiger partial charge in [0.2, 0.25) is 11.8 Å². The summed E-state index contributed by atoms with van der Waals surface area (Å²) in [5, 5.41) is 8.94. The quantitative estimate of drug-likeness (QED) is 0.638. The maximum atomic E-state index is 11.3. The molecule has 5 heteroatoms. The normalized spacial score (nSPS) is 12.3. The van der Waals surface area contributed by atoms with E-state index in [4.69, 9.17) is 5.11 Å². The van der Waals surface area contributed by atoms with Gasteiger partial charge in [-0.2, -0.15) is 12.6 Å². The van der Waals surface area contributed by atoms with Gasteiger partial charge in [-0.25, -0.2) is 0 Å². The van der Waals surface area contributed by atoms with Gasteiger partial charge in [-0.15, -0.1) is 0 Å². The fourth-order valence-electron chi connectivity index (χ4n) is 0.921. The highest BCUT2D eigenvalue weighted by molar-refractivity contribution is 7.80. The van der Waals surface area contributed by atoms with E-state index in [1.54, 1.807) is 0 Å². The zero-order valence-electron chi connectivity index (χ0n) is 7.86. The molecule has 0 saturated carbocycles. The smallest absolute Gasteiger partial charge is 0.231 e. The highest BCUT2D eigenvalue weighted by Gasteiger charge is 2.18. The predicted molar refractivity (Wildman–Crippen MR) is 52.5 cm³/mol. The van der Waals surface area contributed by atoms with Gasteiger partial charge in [0.05, 0.1) is 12.5 Å². The Bertz CT molecular complexity index is 194. The van der Waals surface area contributed by atoms with Crippen molar-refractivity contribution >= 4 is 24.4 Å². The van der Waals surface area contributed by atoms with E-state index in [0.29, 0.717) is 12.3 Å². The number of amides is 2. The predicted octanol–water partition coefficient (Wildman–Crippen LogP) is 0.0622. The maximum absolute atomic E-state index is 11.3. The molecule has 0 aliphatic carbocycles. The Morgan fingerprint density at radius 2 is 2.08 bits per heavy atom. The van der Waals surface area contributed by atoms with E-state index in [2.05, 4.69) is 12.6 Å². The van der Waals surface area contributed by atoms with Crippen molar-refractivity contribution in [1.29, 1.82) is 0 Å². The third-order valence-corrected chi connectivity index (χ3v) is 1.67. The molecule has 0 aromatic carbocycles. The number of hydrogen-bond acceptors (Lipinski definition) is 4. The maximum Gasteiger partial charge on any atom is 0.231 e. The van der Waals surface area contributed by atoms with E-state index >= 15 is 0 Å². The van der Waals surface area contributed by atoms with Crippen LogP contribution in [0.15, 0.2) is 0 Å². The molecule has 0 saturated heterocycles. The Hall–Kier alpha value is -0.550. The molecule has 0 aliphatic rings. The standard InChI is InChI=1S/C8H15NO3S/c1-6(10)5-8(12)9(3-4-13)7(2)11/h6,10,13H,3-5H2,1-2H3. The summed E-state index contributed by atoms with van der Waals surface area (Å²) in [5.74, 6) is -0.221. The van der Waals surface area contributed by atoms with Crippen LogP contribution in [-0.4, -0.2) is 40.2 Å². The van der Waals surface area contributed by atoms with Crippen LogP contribution in [0.25, 0.3) is 0 Å². The molecular weight excluding hydrogens is 190 g/mol. The number of thiol groups is 1. The first-order chi connectivity index (χ1) is 5.99. The molecule has 1 N–H and O–H groups in total. The van der Waals surface area contributed by atoms with Gasteiger partial charge >= 0.3 is 0 Å². The fourth-order valence-corrected chi connectivity index (χ4v) is 1.12. The van der Waals surface area contributed by atoms with E-state index in [9.17, 15) is 9.59 Å². The van der Waals surface area contributed by atoms with E-state index in [-0.39, 0.29) is 18.2 Å². The zero-order valence-corrected chi connectivity index (χ0v) is 8.75. The molecule has 0 aliphatic heterocycles. The van der Waals surface area contributed by atoms with Crippen LogP contribution in [0, 0.1) is 0 Å². The Labute approximate surface area is 83.3 Å². The van der Waals surface area contributed by atoms with Crippen molar-refractivity contribution in [3.63, 3.8) is 0 Å². The summed E-state index contributed by atoms with van der Waals surface area (Å²) in [6.07, 6.45) is -0.734. The minimum absolute atomic E-state index is 0.0205. The van der Waals surface area contributed by atoms with Crippen LogP contribution in [-0.2, 0) is 9.59 Å². The lowest BCUT2D eigenvalue weighted by atomic mass is 10.2. The van der Waals surface area contributed by atoms with Gasteiger partial charge in [0, 0.05) is 19.2 Å². The summed E-state index contributed by atoms with van der Waals surface area (Å²) >= 11 is 3.93. The molecule has 4 nitrogen and oxygen atoms in total. The molecule has 0 bridgehead atoms. The lowest BCUT2D eigenvalue weighted by Gasteiger charge is -2.18. The average molecular weight is 205 g/mol. The molecule has 13 heavy (non-hydrogen) atoms. The van der Waals surface area contributed by atoms with E-state index < -0.39 is 6.10 Å². The van der Waals surface area contributed by atoms with Gasteiger partial charge in [0.1, 0.15) is 0 Å². The number of carbonyl (C=O) groups is 2. The van der Waals surface area contributed by atoms with E-state index in [0.717, 1.165) is 4.90 Å². The molecule has 0 aromatic heterocycles. The highest BCUT2D eigenvalue weighted by atomic mass is 32.1. The van der Waals surface area contributed by atoms with Crippen molar-refractivity contribution in [1.82, 2.24) is 4.90 Å². The summed E-state index contributed by atoms with van der Waals surface area (Å²) in [6.45, 7) is 3.13. The molecule has 1 atom stereocenters. The lowest BCUT2D eigenvalue weighted by molar-refractivity contribution is -0.144. The summed E-state index contributed by atoms with van der Waals surface area (Å²) in [7, 11) is 0. The molecule has 0 aromatic rings. The Morgan fingerprint density at radius 3 is 2.38 bits per heavy atom. The first kappa shape index (κ1) is 12.4. The number of carbonyl (C=O) groups excluding carboxylic acids is 2. The van der Waals surface area contributed by atoms with Crippen molar-refractivity contribution in [2.75, 3.05) is 12.3 Å². The number of rotatable bonds is 4. The lowest BCUT2D eigenvalue weighted by Crippen LogP contribution is -2.38. The molecule has 0 rings (SSSR count). The van der Waals surface area contributed by atoms with Crippen LogP contribution in [0.5, 0.6) is 0 Å². The van der Waals surface area contributed by atoms with Gasteiger partial charge in [0.15, 0.2) is 0 Å². The summed E-state index contributed by atoms with van der Waals surface area (Å²) in [5.41, 5.74) is 0. The number of aliphatic hydroxyl groups is 1. The van der Waals surface area contributed by atoms with Crippen LogP contribution in [0.1, 0.15) is 20.3 Å². The second-order valence-electron chi connectivity index (χ2n) is 2.84. The molecule has 76 valence electrons. The Morgan fingerprint density at radius 1 is 1.54 bits per heavy atom. The second-order valence-corrected chi connectivity index (χ2v) is 3.29. The van der Waals surface area contributed by atoms with Crippen molar-refractivity contribution in [3.8, 4) is 0 Å². The van der Waals surface area contributed by atoms with Crippen molar-refractivity contribution in [2.45, 2.75) is 26.4 Å². The fraction of sp³-hybridized carbons (Fsp3) is 0.750. The minimum Gasteiger partial charge on any atom is -0.393 e. The largest absolute Gasteiger partial charge is 0.393 e. The first-order valence-electron chi connectivity index (χ1n) is 4.09. The van der Waals surface area contributed by atoms with E-state index in [1.165, 1.54) is 13.8 Å². The molecule has 1 unspecified atom stereocenters. The average Bonchev–Trinajstić information content (AvgIpc) is 1.97. The monoisotopic (exact) mass is 205 g/mol.